The van der Waals surface area contributed by atoms with Crippen LogP contribution < -0.4 is 5.32 Å². The molecule has 1 aliphatic rings. The van der Waals surface area contributed by atoms with E-state index in [1.165, 1.54) is 10.9 Å². The quantitative estimate of drug-likeness (QED) is 0.845. The summed E-state index contributed by atoms with van der Waals surface area (Å²) in [6, 6.07) is 4.08. The van der Waals surface area contributed by atoms with Crippen molar-refractivity contribution in [2.45, 2.75) is 6.42 Å². The van der Waals surface area contributed by atoms with Crippen LogP contribution in [0.25, 0.3) is 11.0 Å². The topological polar surface area (TPSA) is 56.3 Å². The van der Waals surface area contributed by atoms with Gasteiger partial charge in [0.05, 0.1) is 6.54 Å². The van der Waals surface area contributed by atoms with E-state index in [2.05, 4.69) is 38.3 Å². The number of H-pyrrole nitrogens is 1. The molecule has 3 rings (SSSR count). The molecule has 0 saturated carbocycles. The van der Waals surface area contributed by atoms with Gasteiger partial charge in [-0.15, -0.1) is 0 Å². The Morgan fingerprint density at radius 3 is 3.28 bits per heavy atom. The highest BCUT2D eigenvalue weighted by Crippen LogP contribution is 2.15. The summed E-state index contributed by atoms with van der Waals surface area (Å²) in [5.41, 5.74) is 2.26. The number of aromatic amines is 1. The van der Waals surface area contributed by atoms with Gasteiger partial charge in [-0.1, -0.05) is 0 Å². The zero-order chi connectivity index (χ0) is 12.4. The maximum atomic E-state index is 4.41. The summed E-state index contributed by atoms with van der Waals surface area (Å²) in [5.74, 6) is 1.01. The van der Waals surface area contributed by atoms with Gasteiger partial charge in [0.2, 0.25) is 0 Å². The molecule has 1 aliphatic heterocycles. The number of hydrogen-bond donors (Lipinski definition) is 2. The van der Waals surface area contributed by atoms with Crippen LogP contribution in [0.3, 0.4) is 0 Å². The van der Waals surface area contributed by atoms with E-state index in [-0.39, 0.29) is 0 Å². The summed E-state index contributed by atoms with van der Waals surface area (Å²) in [7, 11) is 2.06. The van der Waals surface area contributed by atoms with Crippen LogP contribution >= 0.6 is 0 Å². The number of aromatic nitrogens is 2. The number of aliphatic imine (C=N–C) groups is 1. The molecule has 2 aromatic rings. The fraction of sp³-hybridized carbons (Fsp3) is 0.385. The number of rotatable bonds is 3. The van der Waals surface area contributed by atoms with Gasteiger partial charge in [0, 0.05) is 37.9 Å². The van der Waals surface area contributed by atoms with E-state index in [1.54, 1.807) is 0 Å². The molecule has 5 heteroatoms. The molecule has 18 heavy (non-hydrogen) atoms. The normalized spacial score (nSPS) is 15.2. The Kier molecular flexibility index (Phi) is 2.88. The van der Waals surface area contributed by atoms with Crippen molar-refractivity contribution >= 4 is 17.0 Å². The van der Waals surface area contributed by atoms with Crippen LogP contribution in [-0.4, -0.2) is 47.5 Å². The largest absolute Gasteiger partial charge is 0.356 e. The van der Waals surface area contributed by atoms with Gasteiger partial charge in [-0.2, -0.15) is 0 Å². The van der Waals surface area contributed by atoms with Crippen LogP contribution in [0, 0.1) is 0 Å². The summed E-state index contributed by atoms with van der Waals surface area (Å²) in [4.78, 5) is 14.0. The van der Waals surface area contributed by atoms with Gasteiger partial charge < -0.3 is 15.2 Å². The Labute approximate surface area is 106 Å². The highest BCUT2D eigenvalue weighted by atomic mass is 15.3. The van der Waals surface area contributed by atoms with Crippen molar-refractivity contribution in [1.29, 1.82) is 0 Å². The Morgan fingerprint density at radius 1 is 1.50 bits per heavy atom. The lowest BCUT2D eigenvalue weighted by molar-refractivity contribution is 0.534. The third-order valence-electron chi connectivity index (χ3n) is 3.27. The predicted octanol–water partition coefficient (Wildman–Crippen LogP) is 0.996. The summed E-state index contributed by atoms with van der Waals surface area (Å²) >= 11 is 0. The van der Waals surface area contributed by atoms with Crippen LogP contribution in [0.1, 0.15) is 5.56 Å². The second-order valence-electron chi connectivity index (χ2n) is 4.52. The number of likely N-dealkylation sites (N-methyl/N-ethyl adjacent to an activating group) is 1. The first-order valence-electron chi connectivity index (χ1n) is 6.25. The van der Waals surface area contributed by atoms with Crippen molar-refractivity contribution in [2.24, 2.45) is 4.99 Å². The Balaban J connectivity index is 1.63. The van der Waals surface area contributed by atoms with E-state index in [9.17, 15) is 0 Å². The summed E-state index contributed by atoms with van der Waals surface area (Å²) < 4.78 is 0. The van der Waals surface area contributed by atoms with E-state index in [1.807, 2.05) is 18.5 Å². The third-order valence-corrected chi connectivity index (χ3v) is 3.27. The summed E-state index contributed by atoms with van der Waals surface area (Å²) in [6.07, 6.45) is 4.82. The number of fused-ring (bicyclic) bond motifs is 1. The smallest absolute Gasteiger partial charge is 0.193 e. The predicted molar refractivity (Wildman–Crippen MR) is 72.7 cm³/mol. The molecule has 0 fully saturated rings. The molecular weight excluding hydrogens is 226 g/mol. The standard InChI is InChI=1S/C13H17N5/c1-18-8-7-16-13(18)15-6-4-10-9-17-12-11(10)3-2-5-14-12/h2-3,5,9H,4,6-8H2,1H3,(H,14,17)(H,15,16). The average molecular weight is 243 g/mol. The minimum absolute atomic E-state index is 0.894. The van der Waals surface area contributed by atoms with Crippen LogP contribution in [0.15, 0.2) is 29.5 Å². The molecular formula is C13H17N5. The van der Waals surface area contributed by atoms with Crippen molar-refractivity contribution in [3.63, 3.8) is 0 Å². The lowest BCUT2D eigenvalue weighted by Gasteiger charge is -2.14. The van der Waals surface area contributed by atoms with Crippen molar-refractivity contribution in [3.8, 4) is 0 Å². The Morgan fingerprint density at radius 2 is 2.44 bits per heavy atom. The molecule has 0 bridgehead atoms. The highest BCUT2D eigenvalue weighted by molar-refractivity contribution is 5.81. The zero-order valence-electron chi connectivity index (χ0n) is 10.5. The third kappa shape index (κ3) is 2.03. The number of nitrogens with one attached hydrogen (secondary N) is 2. The van der Waals surface area contributed by atoms with Gasteiger partial charge in [-0.25, -0.2) is 4.98 Å². The van der Waals surface area contributed by atoms with Gasteiger partial charge in [-0.3, -0.25) is 4.99 Å². The maximum absolute atomic E-state index is 4.41. The molecule has 3 heterocycles. The maximum Gasteiger partial charge on any atom is 0.193 e. The van der Waals surface area contributed by atoms with Crippen LogP contribution in [0.5, 0.6) is 0 Å². The van der Waals surface area contributed by atoms with Gasteiger partial charge >= 0.3 is 0 Å². The average Bonchev–Trinajstić information content (AvgIpc) is 2.97. The van der Waals surface area contributed by atoms with E-state index < -0.39 is 0 Å². The molecule has 0 atom stereocenters. The van der Waals surface area contributed by atoms with Crippen LogP contribution in [0.2, 0.25) is 0 Å². The number of guanidine groups is 1. The van der Waals surface area contributed by atoms with E-state index in [0.717, 1.165) is 37.7 Å². The van der Waals surface area contributed by atoms with Gasteiger partial charge in [0.25, 0.3) is 0 Å². The van der Waals surface area contributed by atoms with Crippen molar-refractivity contribution in [2.75, 3.05) is 26.7 Å². The van der Waals surface area contributed by atoms with Crippen LogP contribution in [-0.2, 0) is 6.42 Å². The molecule has 0 unspecified atom stereocenters. The SMILES string of the molecule is CN1CCN=C1NCCc1c[nH]c2ncccc12. The molecule has 2 aromatic heterocycles. The van der Waals surface area contributed by atoms with Crippen molar-refractivity contribution in [3.05, 3.63) is 30.1 Å². The summed E-state index contributed by atoms with van der Waals surface area (Å²) in [6.45, 7) is 2.81. The van der Waals surface area contributed by atoms with Crippen LogP contribution in [0.4, 0.5) is 0 Å². The first-order valence-corrected chi connectivity index (χ1v) is 6.25. The second-order valence-corrected chi connectivity index (χ2v) is 4.52. The fourth-order valence-electron chi connectivity index (χ4n) is 2.25. The van der Waals surface area contributed by atoms with Crippen molar-refractivity contribution < 1.29 is 0 Å². The first-order chi connectivity index (χ1) is 8.84. The Hall–Kier alpha value is -2.04. The monoisotopic (exact) mass is 243 g/mol. The molecule has 0 aliphatic carbocycles. The lowest BCUT2D eigenvalue weighted by atomic mass is 10.1. The number of pyridine rings is 1. The van der Waals surface area contributed by atoms with Gasteiger partial charge in [-0.05, 0) is 24.1 Å². The van der Waals surface area contributed by atoms with E-state index in [0.29, 0.717) is 0 Å². The molecule has 94 valence electrons. The first kappa shape index (κ1) is 11.1. The summed E-state index contributed by atoms with van der Waals surface area (Å²) in [5, 5.41) is 4.59. The minimum Gasteiger partial charge on any atom is -0.356 e. The lowest BCUT2D eigenvalue weighted by Crippen LogP contribution is -2.36. The number of nitrogens with zero attached hydrogens (tertiary/aromatic N) is 3. The number of hydrogen-bond acceptors (Lipinski definition) is 4. The van der Waals surface area contributed by atoms with Gasteiger partial charge in [0.15, 0.2) is 5.96 Å². The van der Waals surface area contributed by atoms with E-state index >= 15 is 0 Å². The second kappa shape index (κ2) is 4.68. The molecule has 5 nitrogen and oxygen atoms in total. The molecule has 0 saturated heterocycles. The van der Waals surface area contributed by atoms with Crippen molar-refractivity contribution in [1.82, 2.24) is 20.2 Å². The molecule has 0 radical (unpaired) electrons. The molecule has 0 aromatic carbocycles. The molecule has 0 spiro atoms. The van der Waals surface area contributed by atoms with Gasteiger partial charge in [0.1, 0.15) is 5.65 Å². The highest BCUT2D eigenvalue weighted by Gasteiger charge is 2.11. The zero-order valence-corrected chi connectivity index (χ0v) is 10.5. The van der Waals surface area contributed by atoms with E-state index in [4.69, 9.17) is 0 Å². The Bertz CT molecular complexity index is 572. The minimum atomic E-state index is 0.894. The molecule has 0 amide bonds. The molecule has 2 N–H and O–H groups in total. The fourth-order valence-corrected chi connectivity index (χ4v) is 2.25.